The Labute approximate surface area is 79.0 Å². The fraction of sp³-hybridized carbons (Fsp3) is 0.889. The van der Waals surface area contributed by atoms with Gasteiger partial charge in [-0.15, -0.1) is 0 Å². The first kappa shape index (κ1) is 12.4. The zero-order valence-corrected chi connectivity index (χ0v) is 8.12. The van der Waals surface area contributed by atoms with E-state index in [1.54, 1.807) is 0 Å². The Morgan fingerprint density at radius 3 is 2.62 bits per heavy atom. The molecule has 0 aromatic heterocycles. The summed E-state index contributed by atoms with van der Waals surface area (Å²) in [6.45, 7) is 2.93. The van der Waals surface area contributed by atoms with Crippen molar-refractivity contribution in [3.63, 3.8) is 0 Å². The van der Waals surface area contributed by atoms with Gasteiger partial charge in [0.25, 0.3) is 0 Å². The molecule has 0 aliphatic carbocycles. The highest BCUT2D eigenvalue weighted by molar-refractivity contribution is 5.67. The molecule has 0 radical (unpaired) electrons. The molecular weight excluding hydrogens is 170 g/mol. The summed E-state index contributed by atoms with van der Waals surface area (Å²) < 4.78 is 0. The summed E-state index contributed by atoms with van der Waals surface area (Å²) in [4.78, 5) is 10.3. The third-order valence-electron chi connectivity index (χ3n) is 1.81. The van der Waals surface area contributed by atoms with Crippen LogP contribution in [0.15, 0.2) is 0 Å². The second-order valence-electron chi connectivity index (χ2n) is 3.24. The SMILES string of the molecule is CC(CC(=O)O)NCCCCCO. The van der Waals surface area contributed by atoms with Crippen molar-refractivity contribution in [2.24, 2.45) is 0 Å². The van der Waals surface area contributed by atoms with Crippen LogP contribution in [-0.4, -0.2) is 35.4 Å². The predicted octanol–water partition coefficient (Wildman–Crippen LogP) is 0.602. The zero-order chi connectivity index (χ0) is 10.1. The molecule has 0 amide bonds. The molecule has 4 heteroatoms. The maximum atomic E-state index is 10.3. The van der Waals surface area contributed by atoms with Crippen molar-refractivity contribution < 1.29 is 15.0 Å². The van der Waals surface area contributed by atoms with Gasteiger partial charge in [-0.25, -0.2) is 0 Å². The highest BCUT2D eigenvalue weighted by Crippen LogP contribution is 1.95. The van der Waals surface area contributed by atoms with Crippen LogP contribution in [0, 0.1) is 0 Å². The van der Waals surface area contributed by atoms with Crippen LogP contribution in [0.5, 0.6) is 0 Å². The van der Waals surface area contributed by atoms with E-state index in [4.69, 9.17) is 10.2 Å². The molecule has 0 spiro atoms. The van der Waals surface area contributed by atoms with Crippen LogP contribution in [0.4, 0.5) is 0 Å². The third kappa shape index (κ3) is 9.30. The Bertz CT molecular complexity index is 139. The summed E-state index contributed by atoms with van der Waals surface area (Å²) in [6.07, 6.45) is 2.98. The molecule has 0 saturated heterocycles. The lowest BCUT2D eigenvalue weighted by Crippen LogP contribution is -2.29. The number of carboxylic acids is 1. The standard InChI is InChI=1S/C9H19NO3/c1-8(7-9(12)13)10-5-3-2-4-6-11/h8,10-11H,2-7H2,1H3,(H,12,13). The summed E-state index contributed by atoms with van der Waals surface area (Å²) in [6, 6.07) is 0.0339. The molecule has 0 heterocycles. The first-order valence-electron chi connectivity index (χ1n) is 4.73. The molecule has 0 bridgehead atoms. The molecule has 78 valence electrons. The van der Waals surface area contributed by atoms with E-state index >= 15 is 0 Å². The molecule has 0 fully saturated rings. The molecule has 0 saturated carbocycles. The fourth-order valence-corrected chi connectivity index (χ4v) is 1.10. The summed E-state index contributed by atoms with van der Waals surface area (Å²) in [5.41, 5.74) is 0. The van der Waals surface area contributed by atoms with E-state index in [1.165, 1.54) is 0 Å². The summed E-state index contributed by atoms with van der Waals surface area (Å²) >= 11 is 0. The highest BCUT2D eigenvalue weighted by atomic mass is 16.4. The molecule has 0 aromatic carbocycles. The first-order valence-corrected chi connectivity index (χ1v) is 4.73. The second kappa shape index (κ2) is 8.01. The summed E-state index contributed by atoms with van der Waals surface area (Å²) in [5, 5.41) is 20.1. The quantitative estimate of drug-likeness (QED) is 0.489. The Hall–Kier alpha value is -0.610. The van der Waals surface area contributed by atoms with E-state index in [2.05, 4.69) is 5.32 Å². The van der Waals surface area contributed by atoms with Crippen LogP contribution < -0.4 is 5.32 Å². The fourth-order valence-electron chi connectivity index (χ4n) is 1.10. The first-order chi connectivity index (χ1) is 6.16. The number of hydrogen-bond donors (Lipinski definition) is 3. The van der Waals surface area contributed by atoms with E-state index in [0.29, 0.717) is 0 Å². The molecule has 13 heavy (non-hydrogen) atoms. The van der Waals surface area contributed by atoms with Gasteiger partial charge < -0.3 is 15.5 Å². The van der Waals surface area contributed by atoms with E-state index in [9.17, 15) is 4.79 Å². The Morgan fingerprint density at radius 2 is 2.08 bits per heavy atom. The average Bonchev–Trinajstić information content (AvgIpc) is 2.02. The van der Waals surface area contributed by atoms with Crippen LogP contribution in [0.2, 0.25) is 0 Å². The van der Waals surface area contributed by atoms with E-state index < -0.39 is 5.97 Å². The molecule has 0 rings (SSSR count). The molecule has 4 nitrogen and oxygen atoms in total. The van der Waals surface area contributed by atoms with Crippen molar-refractivity contribution in [2.75, 3.05) is 13.2 Å². The number of hydrogen-bond acceptors (Lipinski definition) is 3. The molecule has 3 N–H and O–H groups in total. The maximum Gasteiger partial charge on any atom is 0.304 e. The number of rotatable bonds is 8. The van der Waals surface area contributed by atoms with Crippen molar-refractivity contribution >= 4 is 5.97 Å². The highest BCUT2D eigenvalue weighted by Gasteiger charge is 2.05. The van der Waals surface area contributed by atoms with Gasteiger partial charge in [0.2, 0.25) is 0 Å². The van der Waals surface area contributed by atoms with Crippen molar-refractivity contribution in [2.45, 2.75) is 38.6 Å². The smallest absolute Gasteiger partial charge is 0.304 e. The van der Waals surface area contributed by atoms with Gasteiger partial charge in [0.15, 0.2) is 0 Å². The molecule has 0 aromatic rings. The topological polar surface area (TPSA) is 69.6 Å². The van der Waals surface area contributed by atoms with Gasteiger partial charge in [0.1, 0.15) is 0 Å². The van der Waals surface area contributed by atoms with E-state index in [0.717, 1.165) is 25.8 Å². The van der Waals surface area contributed by atoms with E-state index in [1.807, 2.05) is 6.92 Å². The minimum absolute atomic E-state index is 0.0339. The number of aliphatic hydroxyl groups is 1. The van der Waals surface area contributed by atoms with Crippen LogP contribution in [0.25, 0.3) is 0 Å². The summed E-state index contributed by atoms with van der Waals surface area (Å²) in [7, 11) is 0. The Kier molecular flexibility index (Phi) is 7.63. The van der Waals surface area contributed by atoms with Crippen LogP contribution in [0.3, 0.4) is 0 Å². The summed E-state index contributed by atoms with van der Waals surface area (Å²) in [5.74, 6) is -0.768. The Morgan fingerprint density at radius 1 is 1.38 bits per heavy atom. The van der Waals surface area contributed by atoms with Gasteiger partial charge in [0.05, 0.1) is 6.42 Å². The predicted molar refractivity (Wildman–Crippen MR) is 50.7 cm³/mol. The number of nitrogens with one attached hydrogen (secondary N) is 1. The molecule has 1 atom stereocenters. The van der Waals surface area contributed by atoms with Crippen molar-refractivity contribution in [3.8, 4) is 0 Å². The number of unbranched alkanes of at least 4 members (excludes halogenated alkanes) is 2. The van der Waals surface area contributed by atoms with Crippen molar-refractivity contribution in [3.05, 3.63) is 0 Å². The van der Waals surface area contributed by atoms with Gasteiger partial charge in [-0.05, 0) is 32.7 Å². The molecule has 0 aliphatic rings. The lowest BCUT2D eigenvalue weighted by molar-refractivity contribution is -0.137. The minimum atomic E-state index is -0.768. The largest absolute Gasteiger partial charge is 0.481 e. The maximum absolute atomic E-state index is 10.3. The van der Waals surface area contributed by atoms with Crippen molar-refractivity contribution in [1.82, 2.24) is 5.32 Å². The lowest BCUT2D eigenvalue weighted by Gasteiger charge is -2.10. The molecular formula is C9H19NO3. The van der Waals surface area contributed by atoms with Gasteiger partial charge in [-0.3, -0.25) is 4.79 Å². The van der Waals surface area contributed by atoms with Gasteiger partial charge in [-0.2, -0.15) is 0 Å². The van der Waals surface area contributed by atoms with Gasteiger partial charge in [-0.1, -0.05) is 0 Å². The lowest BCUT2D eigenvalue weighted by atomic mass is 10.2. The van der Waals surface area contributed by atoms with Gasteiger partial charge in [0, 0.05) is 12.6 Å². The van der Waals surface area contributed by atoms with E-state index in [-0.39, 0.29) is 19.1 Å². The number of carbonyl (C=O) groups is 1. The third-order valence-corrected chi connectivity index (χ3v) is 1.81. The van der Waals surface area contributed by atoms with Crippen LogP contribution in [0.1, 0.15) is 32.6 Å². The number of carboxylic acid groups (broad SMARTS) is 1. The van der Waals surface area contributed by atoms with Crippen LogP contribution in [-0.2, 0) is 4.79 Å². The second-order valence-corrected chi connectivity index (χ2v) is 3.24. The number of aliphatic carboxylic acids is 1. The molecule has 0 aliphatic heterocycles. The zero-order valence-electron chi connectivity index (χ0n) is 8.12. The van der Waals surface area contributed by atoms with Gasteiger partial charge >= 0.3 is 5.97 Å². The minimum Gasteiger partial charge on any atom is -0.481 e. The average molecular weight is 189 g/mol. The monoisotopic (exact) mass is 189 g/mol. The number of aliphatic hydroxyl groups excluding tert-OH is 1. The Balaban J connectivity index is 3.17. The normalized spacial score (nSPS) is 12.8. The molecule has 1 unspecified atom stereocenters. The van der Waals surface area contributed by atoms with Crippen molar-refractivity contribution in [1.29, 1.82) is 0 Å². The van der Waals surface area contributed by atoms with Crippen LogP contribution >= 0.6 is 0 Å².